The average Bonchev–Trinajstić information content (AvgIpc) is 2.78. The predicted octanol–water partition coefficient (Wildman–Crippen LogP) is 7.34. The highest BCUT2D eigenvalue weighted by Crippen LogP contribution is 2.31. The fraction of sp³-hybridized carbons (Fsp3) is 0.0370. The van der Waals surface area contributed by atoms with Crippen LogP contribution in [-0.4, -0.2) is 7.11 Å². The lowest BCUT2D eigenvalue weighted by atomic mass is 9.95. The van der Waals surface area contributed by atoms with Crippen LogP contribution in [0.4, 0.5) is 0 Å². The average molecular weight is 360 g/mol. The summed E-state index contributed by atoms with van der Waals surface area (Å²) < 4.78 is 5.32. The molecule has 0 aliphatic rings. The van der Waals surface area contributed by atoms with E-state index < -0.39 is 0 Å². The first-order valence-corrected chi connectivity index (χ1v) is 9.48. The van der Waals surface area contributed by atoms with Crippen LogP contribution in [0.1, 0.15) is 0 Å². The fourth-order valence-corrected chi connectivity index (χ4v) is 3.85. The van der Waals surface area contributed by atoms with Crippen molar-refractivity contribution in [3.63, 3.8) is 0 Å². The lowest BCUT2D eigenvalue weighted by Crippen LogP contribution is -1.84. The molecule has 0 radical (unpaired) electrons. The van der Waals surface area contributed by atoms with E-state index in [-0.39, 0.29) is 0 Å². The lowest BCUT2D eigenvalue weighted by Gasteiger charge is -2.09. The van der Waals surface area contributed by atoms with Gasteiger partial charge in [-0.3, -0.25) is 0 Å². The predicted molar refractivity (Wildman–Crippen MR) is 119 cm³/mol. The Morgan fingerprint density at radius 1 is 0.500 bits per heavy atom. The summed E-state index contributed by atoms with van der Waals surface area (Å²) in [5.74, 6) is 0.889. The van der Waals surface area contributed by atoms with Crippen LogP contribution in [0, 0.1) is 0 Å². The maximum atomic E-state index is 5.32. The first kappa shape index (κ1) is 16.6. The van der Waals surface area contributed by atoms with Gasteiger partial charge in [0.25, 0.3) is 0 Å². The van der Waals surface area contributed by atoms with Crippen LogP contribution in [0.25, 0.3) is 43.8 Å². The van der Waals surface area contributed by atoms with Gasteiger partial charge in [-0.15, -0.1) is 0 Å². The topological polar surface area (TPSA) is 9.23 Å². The summed E-state index contributed by atoms with van der Waals surface area (Å²) in [5.41, 5.74) is 4.96. The standard InChI is InChI=1S/C27H20O/c1-28-25-16-15-23-17-22(13-14-24(23)18-25)19-9-11-21(12-10-19)27-8-4-6-20-5-2-3-7-26(20)27/h2-18H,1H3. The van der Waals surface area contributed by atoms with Gasteiger partial charge in [0.1, 0.15) is 5.75 Å². The molecular formula is C27H20O. The second kappa shape index (κ2) is 6.86. The summed E-state index contributed by atoms with van der Waals surface area (Å²) in [7, 11) is 1.70. The maximum absolute atomic E-state index is 5.32. The lowest BCUT2D eigenvalue weighted by molar-refractivity contribution is 0.415. The molecule has 1 nitrogen and oxygen atoms in total. The highest BCUT2D eigenvalue weighted by molar-refractivity contribution is 5.97. The van der Waals surface area contributed by atoms with Crippen LogP contribution < -0.4 is 4.74 Å². The van der Waals surface area contributed by atoms with Crippen molar-refractivity contribution < 1.29 is 4.74 Å². The minimum Gasteiger partial charge on any atom is -0.497 e. The molecule has 0 bridgehead atoms. The number of hydrogen-bond donors (Lipinski definition) is 0. The van der Waals surface area contributed by atoms with Gasteiger partial charge in [-0.25, -0.2) is 0 Å². The molecule has 0 amide bonds. The first-order valence-electron chi connectivity index (χ1n) is 9.48. The molecule has 0 N–H and O–H groups in total. The molecule has 5 aromatic carbocycles. The molecule has 5 aromatic rings. The van der Waals surface area contributed by atoms with Crippen molar-refractivity contribution in [2.45, 2.75) is 0 Å². The third kappa shape index (κ3) is 2.91. The number of methoxy groups -OCH3 is 1. The molecule has 0 aromatic heterocycles. The molecule has 134 valence electrons. The fourth-order valence-electron chi connectivity index (χ4n) is 3.85. The molecule has 0 heterocycles. The number of rotatable bonds is 3. The van der Waals surface area contributed by atoms with Crippen molar-refractivity contribution in [2.75, 3.05) is 7.11 Å². The Balaban J connectivity index is 1.53. The van der Waals surface area contributed by atoms with Crippen LogP contribution >= 0.6 is 0 Å². The van der Waals surface area contributed by atoms with Crippen LogP contribution in [-0.2, 0) is 0 Å². The van der Waals surface area contributed by atoms with E-state index in [1.54, 1.807) is 7.11 Å². The molecule has 5 rings (SSSR count). The summed E-state index contributed by atoms with van der Waals surface area (Å²) in [6.45, 7) is 0. The second-order valence-electron chi connectivity index (χ2n) is 7.03. The van der Waals surface area contributed by atoms with Gasteiger partial charge in [-0.2, -0.15) is 0 Å². The van der Waals surface area contributed by atoms with Gasteiger partial charge >= 0.3 is 0 Å². The van der Waals surface area contributed by atoms with E-state index in [1.165, 1.54) is 43.8 Å². The van der Waals surface area contributed by atoms with Gasteiger partial charge in [-0.05, 0) is 62.0 Å². The minimum atomic E-state index is 0.889. The van der Waals surface area contributed by atoms with E-state index in [1.807, 2.05) is 6.07 Å². The van der Waals surface area contributed by atoms with E-state index in [9.17, 15) is 0 Å². The second-order valence-corrected chi connectivity index (χ2v) is 7.03. The van der Waals surface area contributed by atoms with E-state index in [2.05, 4.69) is 97.1 Å². The van der Waals surface area contributed by atoms with Gasteiger partial charge in [0.05, 0.1) is 7.11 Å². The van der Waals surface area contributed by atoms with Crippen molar-refractivity contribution in [2.24, 2.45) is 0 Å². The van der Waals surface area contributed by atoms with Crippen molar-refractivity contribution >= 4 is 21.5 Å². The molecule has 1 heteroatoms. The van der Waals surface area contributed by atoms with Gasteiger partial charge < -0.3 is 4.74 Å². The molecule has 0 aliphatic carbocycles. The van der Waals surface area contributed by atoms with Crippen molar-refractivity contribution in [1.29, 1.82) is 0 Å². The Hall–Kier alpha value is -3.58. The Labute approximate surface area is 164 Å². The number of benzene rings is 5. The number of fused-ring (bicyclic) bond motifs is 2. The smallest absolute Gasteiger partial charge is 0.119 e. The summed E-state index contributed by atoms with van der Waals surface area (Å²) in [5, 5.41) is 4.97. The molecule has 0 fully saturated rings. The SMILES string of the molecule is COc1ccc2cc(-c3ccc(-c4cccc5ccccc45)cc3)ccc2c1. The third-order valence-corrected chi connectivity index (χ3v) is 5.37. The Bertz CT molecular complexity index is 1280. The Morgan fingerprint density at radius 2 is 1.18 bits per heavy atom. The Kier molecular flexibility index (Phi) is 4.06. The first-order chi connectivity index (χ1) is 13.8. The highest BCUT2D eigenvalue weighted by atomic mass is 16.5. The molecular weight excluding hydrogens is 340 g/mol. The molecule has 0 aliphatic heterocycles. The minimum absolute atomic E-state index is 0.889. The largest absolute Gasteiger partial charge is 0.497 e. The Morgan fingerprint density at radius 3 is 2.04 bits per heavy atom. The van der Waals surface area contributed by atoms with Crippen molar-refractivity contribution in [1.82, 2.24) is 0 Å². The maximum Gasteiger partial charge on any atom is 0.119 e. The quantitative estimate of drug-likeness (QED) is 0.327. The molecule has 0 unspecified atom stereocenters. The summed E-state index contributed by atoms with van der Waals surface area (Å²) >= 11 is 0. The van der Waals surface area contributed by atoms with Gasteiger partial charge in [-0.1, -0.05) is 84.9 Å². The van der Waals surface area contributed by atoms with Crippen LogP contribution in [0.15, 0.2) is 103 Å². The van der Waals surface area contributed by atoms with Crippen molar-refractivity contribution in [3.05, 3.63) is 103 Å². The van der Waals surface area contributed by atoms with Crippen molar-refractivity contribution in [3.8, 4) is 28.0 Å². The summed E-state index contributed by atoms with van der Waals surface area (Å²) in [6.07, 6.45) is 0. The molecule has 0 atom stereocenters. The van der Waals surface area contributed by atoms with Gasteiger partial charge in [0.15, 0.2) is 0 Å². The number of hydrogen-bond acceptors (Lipinski definition) is 1. The van der Waals surface area contributed by atoms with E-state index in [0.29, 0.717) is 0 Å². The van der Waals surface area contributed by atoms with E-state index in [4.69, 9.17) is 4.74 Å². The molecule has 0 saturated heterocycles. The van der Waals surface area contributed by atoms with Crippen LogP contribution in [0.5, 0.6) is 5.75 Å². The normalized spacial score (nSPS) is 11.0. The highest BCUT2D eigenvalue weighted by Gasteiger charge is 2.05. The third-order valence-electron chi connectivity index (χ3n) is 5.37. The monoisotopic (exact) mass is 360 g/mol. The van der Waals surface area contributed by atoms with Gasteiger partial charge in [0, 0.05) is 0 Å². The zero-order valence-corrected chi connectivity index (χ0v) is 15.7. The molecule has 0 spiro atoms. The zero-order valence-electron chi connectivity index (χ0n) is 15.7. The summed E-state index contributed by atoms with van der Waals surface area (Å²) in [4.78, 5) is 0. The van der Waals surface area contributed by atoms with E-state index in [0.717, 1.165) is 5.75 Å². The summed E-state index contributed by atoms with van der Waals surface area (Å²) in [6, 6.07) is 36.7. The van der Waals surface area contributed by atoms with E-state index >= 15 is 0 Å². The zero-order chi connectivity index (χ0) is 18.9. The molecule has 0 saturated carbocycles. The van der Waals surface area contributed by atoms with Crippen LogP contribution in [0.2, 0.25) is 0 Å². The van der Waals surface area contributed by atoms with Gasteiger partial charge in [0.2, 0.25) is 0 Å². The number of ether oxygens (including phenoxy) is 1. The molecule has 28 heavy (non-hydrogen) atoms. The van der Waals surface area contributed by atoms with Crippen LogP contribution in [0.3, 0.4) is 0 Å².